The van der Waals surface area contributed by atoms with Crippen LogP contribution in [0.2, 0.25) is 5.02 Å². The minimum atomic E-state index is -0.399. The lowest BCUT2D eigenvalue weighted by atomic mass is 10.1. The van der Waals surface area contributed by atoms with Gasteiger partial charge >= 0.3 is 5.63 Å². The van der Waals surface area contributed by atoms with Gasteiger partial charge in [-0.05, 0) is 36.2 Å². The van der Waals surface area contributed by atoms with E-state index in [1.54, 1.807) is 13.2 Å². The normalized spacial score (nSPS) is 11.7. The Kier molecular flexibility index (Phi) is 6.08. The molecular formula is C20H19ClN2O3S. The maximum Gasteiger partial charge on any atom is 0.336 e. The minimum Gasteiger partial charge on any atom is -0.496 e. The van der Waals surface area contributed by atoms with Crippen LogP contribution < -0.4 is 16.1 Å². The van der Waals surface area contributed by atoms with Gasteiger partial charge in [-0.2, -0.15) is 0 Å². The number of benzene rings is 2. The highest BCUT2D eigenvalue weighted by Gasteiger charge is 2.10. The highest BCUT2D eigenvalue weighted by atomic mass is 35.5. The first kappa shape index (κ1) is 19.3. The van der Waals surface area contributed by atoms with Gasteiger partial charge in [0, 0.05) is 27.8 Å². The summed E-state index contributed by atoms with van der Waals surface area (Å²) in [6.45, 7) is 2.29. The molecule has 1 heterocycles. The summed E-state index contributed by atoms with van der Waals surface area (Å²) in [5.41, 5.74) is 8.78. The topological polar surface area (TPSA) is 77.8 Å². The van der Waals surface area contributed by atoms with Gasteiger partial charge in [-0.1, -0.05) is 41.6 Å². The van der Waals surface area contributed by atoms with Gasteiger partial charge in [0.05, 0.1) is 13.7 Å². The predicted octanol–water partition coefficient (Wildman–Crippen LogP) is 4.51. The molecule has 140 valence electrons. The number of ether oxygens (including phenoxy) is 1. The fourth-order valence-corrected chi connectivity index (χ4v) is 3.52. The molecule has 27 heavy (non-hydrogen) atoms. The number of nitrogens with zero attached hydrogens (tertiary/aromatic N) is 1. The molecule has 0 unspecified atom stereocenters. The van der Waals surface area contributed by atoms with Gasteiger partial charge in [-0.25, -0.2) is 4.79 Å². The van der Waals surface area contributed by atoms with Gasteiger partial charge in [0.2, 0.25) is 0 Å². The van der Waals surface area contributed by atoms with Crippen LogP contribution in [0.15, 0.2) is 56.7 Å². The molecule has 0 fully saturated rings. The number of para-hydroxylation sites is 1. The van der Waals surface area contributed by atoms with Crippen molar-refractivity contribution in [2.24, 2.45) is 10.7 Å². The summed E-state index contributed by atoms with van der Waals surface area (Å²) < 4.78 is 10.6. The second kappa shape index (κ2) is 8.50. The largest absolute Gasteiger partial charge is 0.496 e. The Hall–Kier alpha value is -2.44. The smallest absolute Gasteiger partial charge is 0.336 e. The third kappa shape index (κ3) is 4.64. The molecule has 0 saturated heterocycles. The molecule has 7 heteroatoms. The summed E-state index contributed by atoms with van der Waals surface area (Å²) in [6.07, 6.45) is 0. The lowest BCUT2D eigenvalue weighted by molar-refractivity contribution is 0.410. The van der Waals surface area contributed by atoms with Gasteiger partial charge in [0.25, 0.3) is 0 Å². The molecule has 0 atom stereocenters. The van der Waals surface area contributed by atoms with Crippen LogP contribution in [0.25, 0.3) is 11.0 Å². The first-order valence-electron chi connectivity index (χ1n) is 8.25. The summed E-state index contributed by atoms with van der Waals surface area (Å²) in [5, 5.41) is 1.86. The third-order valence-corrected chi connectivity index (χ3v) is 5.37. The van der Waals surface area contributed by atoms with E-state index in [4.69, 9.17) is 26.5 Å². The van der Waals surface area contributed by atoms with E-state index in [0.29, 0.717) is 28.1 Å². The Balaban J connectivity index is 1.78. The molecule has 2 N–H and O–H groups in total. The summed E-state index contributed by atoms with van der Waals surface area (Å²) in [4.78, 5) is 16.2. The Morgan fingerprint density at radius 3 is 2.81 bits per heavy atom. The van der Waals surface area contributed by atoms with E-state index < -0.39 is 5.63 Å². The maximum absolute atomic E-state index is 11.8. The summed E-state index contributed by atoms with van der Waals surface area (Å²) in [6, 6.07) is 12.7. The molecule has 3 rings (SSSR count). The molecule has 0 aliphatic rings. The molecule has 0 radical (unpaired) electrons. The van der Waals surface area contributed by atoms with E-state index >= 15 is 0 Å². The van der Waals surface area contributed by atoms with Crippen molar-refractivity contribution in [1.82, 2.24) is 0 Å². The van der Waals surface area contributed by atoms with Gasteiger partial charge in [0.1, 0.15) is 11.3 Å². The molecule has 3 aromatic rings. The van der Waals surface area contributed by atoms with Crippen molar-refractivity contribution < 1.29 is 9.15 Å². The number of hydrogen-bond acceptors (Lipinski definition) is 5. The molecule has 0 saturated carbocycles. The zero-order valence-electron chi connectivity index (χ0n) is 15.0. The number of thioether (sulfide) groups is 1. The fraction of sp³-hybridized carbons (Fsp3) is 0.200. The first-order valence-corrected chi connectivity index (χ1v) is 9.62. The fourth-order valence-electron chi connectivity index (χ4n) is 2.66. The average Bonchev–Trinajstić information content (AvgIpc) is 2.66. The molecule has 0 spiro atoms. The molecule has 0 aliphatic heterocycles. The van der Waals surface area contributed by atoms with Crippen molar-refractivity contribution in [2.75, 3.05) is 7.11 Å². The minimum absolute atomic E-state index is 0.399. The number of hydrogen-bond donors (Lipinski definition) is 1. The van der Waals surface area contributed by atoms with Crippen LogP contribution in [-0.2, 0) is 12.3 Å². The Bertz CT molecular complexity index is 1060. The van der Waals surface area contributed by atoms with Crippen molar-refractivity contribution in [2.45, 2.75) is 19.2 Å². The van der Waals surface area contributed by atoms with Crippen LogP contribution in [0, 0.1) is 6.92 Å². The van der Waals surface area contributed by atoms with Crippen LogP contribution in [0.4, 0.5) is 0 Å². The van der Waals surface area contributed by atoms with Gasteiger partial charge in [-0.15, -0.1) is 0 Å². The highest BCUT2D eigenvalue weighted by Crippen LogP contribution is 2.27. The van der Waals surface area contributed by atoms with Gasteiger partial charge < -0.3 is 14.9 Å². The van der Waals surface area contributed by atoms with E-state index in [-0.39, 0.29) is 0 Å². The summed E-state index contributed by atoms with van der Waals surface area (Å²) in [7, 11) is 1.62. The Morgan fingerprint density at radius 2 is 2.04 bits per heavy atom. The summed E-state index contributed by atoms with van der Waals surface area (Å²) in [5.74, 6) is 1.26. The number of halogens is 1. The van der Waals surface area contributed by atoms with Crippen molar-refractivity contribution >= 4 is 39.5 Å². The molecule has 0 aliphatic carbocycles. The van der Waals surface area contributed by atoms with Crippen molar-refractivity contribution in [1.29, 1.82) is 0 Å². The van der Waals surface area contributed by atoms with E-state index in [2.05, 4.69) is 4.99 Å². The predicted molar refractivity (Wildman–Crippen MR) is 112 cm³/mol. The SMILES string of the molecule is COc1ccccc1CN=C(N)SCc1cc(=O)oc2cc(C)c(Cl)cc12. The molecular weight excluding hydrogens is 384 g/mol. The number of aryl methyl sites for hydroxylation is 1. The second-order valence-electron chi connectivity index (χ2n) is 5.94. The number of nitrogens with two attached hydrogens (primary N) is 1. The molecule has 0 amide bonds. The Morgan fingerprint density at radius 1 is 1.26 bits per heavy atom. The van der Waals surface area contributed by atoms with Crippen molar-refractivity contribution in [3.8, 4) is 5.75 Å². The van der Waals surface area contributed by atoms with Crippen LogP contribution in [-0.4, -0.2) is 12.3 Å². The zero-order chi connectivity index (χ0) is 19.4. The molecule has 0 bridgehead atoms. The van der Waals surface area contributed by atoms with Gasteiger partial charge in [-0.3, -0.25) is 4.99 Å². The van der Waals surface area contributed by atoms with Crippen LogP contribution >= 0.6 is 23.4 Å². The second-order valence-corrected chi connectivity index (χ2v) is 7.35. The van der Waals surface area contributed by atoms with E-state index in [0.717, 1.165) is 27.8 Å². The third-order valence-electron chi connectivity index (χ3n) is 4.08. The van der Waals surface area contributed by atoms with Gasteiger partial charge in [0.15, 0.2) is 5.17 Å². The highest BCUT2D eigenvalue weighted by molar-refractivity contribution is 8.13. The lowest BCUT2D eigenvalue weighted by Gasteiger charge is -2.08. The Labute approximate surface area is 166 Å². The van der Waals surface area contributed by atoms with Crippen molar-refractivity contribution in [3.05, 3.63) is 74.6 Å². The molecule has 5 nitrogen and oxygen atoms in total. The van der Waals surface area contributed by atoms with E-state index in [9.17, 15) is 4.79 Å². The number of methoxy groups -OCH3 is 1. The molecule has 2 aromatic carbocycles. The average molecular weight is 403 g/mol. The molecule has 1 aromatic heterocycles. The zero-order valence-corrected chi connectivity index (χ0v) is 16.6. The number of fused-ring (bicyclic) bond motifs is 1. The maximum atomic E-state index is 11.8. The standard InChI is InChI=1S/C20H19ClN2O3S/c1-12-7-18-15(9-16(12)21)14(8-19(24)26-18)11-27-20(22)23-10-13-5-3-4-6-17(13)25-2/h3-9H,10-11H2,1-2H3,(H2,22,23). The summed E-state index contributed by atoms with van der Waals surface area (Å²) >= 11 is 7.58. The van der Waals surface area contributed by atoms with Crippen LogP contribution in [0.5, 0.6) is 5.75 Å². The monoisotopic (exact) mass is 402 g/mol. The first-order chi connectivity index (χ1) is 13.0. The number of amidine groups is 1. The van der Waals surface area contributed by atoms with E-state index in [1.807, 2.05) is 37.3 Å². The van der Waals surface area contributed by atoms with Crippen LogP contribution in [0.1, 0.15) is 16.7 Å². The number of aliphatic imine (C=N–C) groups is 1. The van der Waals surface area contributed by atoms with Crippen LogP contribution in [0.3, 0.4) is 0 Å². The van der Waals surface area contributed by atoms with Crippen molar-refractivity contribution in [3.63, 3.8) is 0 Å². The number of rotatable bonds is 5. The quantitative estimate of drug-likeness (QED) is 0.386. The lowest BCUT2D eigenvalue weighted by Crippen LogP contribution is -2.08. The van der Waals surface area contributed by atoms with E-state index in [1.165, 1.54) is 17.8 Å².